The van der Waals surface area contributed by atoms with Crippen LogP contribution in [0, 0.1) is 24.7 Å². The molecule has 1 aromatic carbocycles. The number of hydrogen-bond acceptors (Lipinski definition) is 4. The normalized spacial score (nSPS) is 27.6. The summed E-state index contributed by atoms with van der Waals surface area (Å²) in [4.78, 5) is 2.13. The van der Waals surface area contributed by atoms with E-state index in [0.29, 0.717) is 18.3 Å². The van der Waals surface area contributed by atoms with Gasteiger partial charge in [-0.1, -0.05) is 53.6 Å². The van der Waals surface area contributed by atoms with Crippen molar-refractivity contribution < 1.29 is 14.9 Å². The second kappa shape index (κ2) is 10.5. The zero-order chi connectivity index (χ0) is 20.8. The van der Waals surface area contributed by atoms with Gasteiger partial charge < -0.3 is 19.8 Å². The highest BCUT2D eigenvalue weighted by Gasteiger charge is 2.43. The van der Waals surface area contributed by atoms with E-state index in [1.54, 1.807) is 0 Å². The third-order valence-electron chi connectivity index (χ3n) is 6.28. The Balaban J connectivity index is 1.47. The Kier molecular flexibility index (Phi) is 8.07. The minimum absolute atomic E-state index is 0.135. The summed E-state index contributed by atoms with van der Waals surface area (Å²) in [6, 6.07) is 8.27. The largest absolute Gasteiger partial charge is 0.392 e. The molecule has 2 aliphatic carbocycles. The third-order valence-corrected chi connectivity index (χ3v) is 6.28. The summed E-state index contributed by atoms with van der Waals surface area (Å²) in [5, 5.41) is 21.0. The molecule has 5 atom stereocenters. The molecule has 1 aromatic rings. The first kappa shape index (κ1) is 22.2. The summed E-state index contributed by atoms with van der Waals surface area (Å²) < 4.78 is 5.74. The molecule has 0 saturated heterocycles. The van der Waals surface area contributed by atoms with Crippen molar-refractivity contribution in [1.29, 1.82) is 0 Å². The van der Waals surface area contributed by atoms with Gasteiger partial charge in [-0.15, -0.1) is 0 Å². The van der Waals surface area contributed by atoms with Gasteiger partial charge >= 0.3 is 0 Å². The van der Waals surface area contributed by atoms with E-state index in [-0.39, 0.29) is 12.0 Å². The second-order valence-corrected chi connectivity index (χ2v) is 9.05. The fraction of sp³-hybridized carbons (Fsp3) is 0.600. The van der Waals surface area contributed by atoms with Crippen molar-refractivity contribution >= 4 is 0 Å². The molecule has 1 fully saturated rings. The number of hydrogen-bond donors (Lipinski definition) is 2. The van der Waals surface area contributed by atoms with Gasteiger partial charge in [0.25, 0.3) is 0 Å². The minimum atomic E-state index is -0.512. The predicted molar refractivity (Wildman–Crippen MR) is 118 cm³/mol. The van der Waals surface area contributed by atoms with Gasteiger partial charge in [0.15, 0.2) is 0 Å². The smallest absolute Gasteiger partial charge is 0.0761 e. The summed E-state index contributed by atoms with van der Waals surface area (Å²) in [5.41, 5.74) is 3.82. The van der Waals surface area contributed by atoms with E-state index in [1.165, 1.54) is 11.1 Å². The third kappa shape index (κ3) is 6.51. The summed E-state index contributed by atoms with van der Waals surface area (Å²) in [6.07, 6.45) is 9.00. The summed E-state index contributed by atoms with van der Waals surface area (Å²) in [6.45, 7) is 4.57. The van der Waals surface area contributed by atoms with Crippen LogP contribution in [0.15, 0.2) is 48.1 Å². The number of fused-ring (bicyclic) bond motifs is 1. The van der Waals surface area contributed by atoms with Crippen LogP contribution in [0.25, 0.3) is 0 Å². The predicted octanol–water partition coefficient (Wildman–Crippen LogP) is 3.37. The molecule has 4 heteroatoms. The van der Waals surface area contributed by atoms with Crippen LogP contribution in [0.2, 0.25) is 0 Å². The number of aliphatic hydroxyl groups is 2. The van der Waals surface area contributed by atoms with Gasteiger partial charge in [0, 0.05) is 18.9 Å². The van der Waals surface area contributed by atoms with Crippen molar-refractivity contribution in [3.63, 3.8) is 0 Å². The molecule has 0 bridgehead atoms. The number of aryl methyl sites for hydroxylation is 1. The van der Waals surface area contributed by atoms with Crippen molar-refractivity contribution in [2.75, 3.05) is 33.9 Å². The summed E-state index contributed by atoms with van der Waals surface area (Å²) in [5.74, 6) is 1.06. The Bertz CT molecular complexity index is 712. The summed E-state index contributed by atoms with van der Waals surface area (Å²) in [7, 11) is 4.11. The second-order valence-electron chi connectivity index (χ2n) is 9.05. The maximum absolute atomic E-state index is 10.5. The first-order chi connectivity index (χ1) is 13.9. The SMILES string of the molecule is Cc1cccc(C[C@@H](O)/C=C/[C@@H]2[C@H]3CC(CCOCCN(C)C)=C[C@H]3C[C@H]2O)c1. The van der Waals surface area contributed by atoms with Crippen molar-refractivity contribution in [3.8, 4) is 0 Å². The molecule has 3 rings (SSSR count). The van der Waals surface area contributed by atoms with Gasteiger partial charge in [-0.25, -0.2) is 0 Å². The molecule has 0 spiro atoms. The lowest BCUT2D eigenvalue weighted by Gasteiger charge is -2.19. The molecule has 0 unspecified atom stereocenters. The zero-order valence-electron chi connectivity index (χ0n) is 18.1. The van der Waals surface area contributed by atoms with Crippen molar-refractivity contribution in [3.05, 3.63) is 59.2 Å². The number of benzene rings is 1. The Morgan fingerprint density at radius 2 is 2.10 bits per heavy atom. The van der Waals surface area contributed by atoms with Crippen LogP contribution in [0.1, 0.15) is 30.4 Å². The maximum Gasteiger partial charge on any atom is 0.0761 e. The lowest BCUT2D eigenvalue weighted by atomic mass is 9.88. The van der Waals surface area contributed by atoms with E-state index in [1.807, 2.05) is 12.1 Å². The topological polar surface area (TPSA) is 52.9 Å². The van der Waals surface area contributed by atoms with E-state index in [0.717, 1.165) is 44.6 Å². The molecule has 1 saturated carbocycles. The van der Waals surface area contributed by atoms with Crippen LogP contribution in [0.5, 0.6) is 0 Å². The monoisotopic (exact) mass is 399 g/mol. The minimum Gasteiger partial charge on any atom is -0.392 e. The average molecular weight is 400 g/mol. The molecular weight excluding hydrogens is 362 g/mol. The number of nitrogens with zero attached hydrogens (tertiary/aromatic N) is 1. The molecule has 0 aromatic heterocycles. The van der Waals surface area contributed by atoms with Crippen LogP contribution >= 0.6 is 0 Å². The van der Waals surface area contributed by atoms with E-state index in [4.69, 9.17) is 4.74 Å². The molecule has 0 heterocycles. The number of aliphatic hydroxyl groups excluding tert-OH is 2. The molecule has 160 valence electrons. The molecule has 2 aliphatic rings. The highest BCUT2D eigenvalue weighted by molar-refractivity contribution is 5.24. The first-order valence-corrected chi connectivity index (χ1v) is 10.9. The number of ether oxygens (including phenoxy) is 1. The Labute approximate surface area is 175 Å². The van der Waals surface area contributed by atoms with Crippen LogP contribution in [0.3, 0.4) is 0 Å². The van der Waals surface area contributed by atoms with E-state index >= 15 is 0 Å². The van der Waals surface area contributed by atoms with Crippen molar-refractivity contribution in [1.82, 2.24) is 4.90 Å². The van der Waals surface area contributed by atoms with Crippen molar-refractivity contribution in [2.24, 2.45) is 17.8 Å². The van der Waals surface area contributed by atoms with Gasteiger partial charge in [0.05, 0.1) is 25.4 Å². The fourth-order valence-electron chi connectivity index (χ4n) is 4.75. The highest BCUT2D eigenvalue weighted by Crippen LogP contribution is 2.47. The lowest BCUT2D eigenvalue weighted by Crippen LogP contribution is -2.19. The van der Waals surface area contributed by atoms with Gasteiger partial charge in [-0.2, -0.15) is 0 Å². The Hall–Kier alpha value is -1.46. The van der Waals surface area contributed by atoms with Crippen LogP contribution < -0.4 is 0 Å². The average Bonchev–Trinajstić information content (AvgIpc) is 3.16. The van der Waals surface area contributed by atoms with Crippen molar-refractivity contribution in [2.45, 2.75) is 44.8 Å². The van der Waals surface area contributed by atoms with Gasteiger partial charge in [-0.3, -0.25) is 0 Å². The Morgan fingerprint density at radius 1 is 1.28 bits per heavy atom. The van der Waals surface area contributed by atoms with Gasteiger partial charge in [-0.05, 0) is 57.7 Å². The summed E-state index contributed by atoms with van der Waals surface area (Å²) >= 11 is 0. The maximum atomic E-state index is 10.5. The van der Waals surface area contributed by atoms with Crippen LogP contribution in [-0.2, 0) is 11.2 Å². The van der Waals surface area contributed by atoms with Gasteiger partial charge in [0.2, 0.25) is 0 Å². The van der Waals surface area contributed by atoms with E-state index in [9.17, 15) is 10.2 Å². The van der Waals surface area contributed by atoms with E-state index in [2.05, 4.69) is 56.3 Å². The lowest BCUT2D eigenvalue weighted by molar-refractivity contribution is 0.119. The molecule has 0 radical (unpaired) electrons. The molecule has 29 heavy (non-hydrogen) atoms. The van der Waals surface area contributed by atoms with Gasteiger partial charge in [0.1, 0.15) is 0 Å². The molecule has 4 nitrogen and oxygen atoms in total. The fourth-order valence-corrected chi connectivity index (χ4v) is 4.75. The number of likely N-dealkylation sites (N-methyl/N-ethyl adjacent to an activating group) is 1. The quantitative estimate of drug-likeness (QED) is 0.468. The molecule has 0 aliphatic heterocycles. The van der Waals surface area contributed by atoms with E-state index < -0.39 is 6.10 Å². The zero-order valence-corrected chi connectivity index (χ0v) is 18.1. The number of allylic oxidation sites excluding steroid dienone is 1. The van der Waals surface area contributed by atoms with Crippen LogP contribution in [0.4, 0.5) is 0 Å². The first-order valence-electron chi connectivity index (χ1n) is 10.9. The standard InChI is InChI=1S/C25H37NO3/c1-18-5-4-6-19(13-18)15-22(27)7-8-23-24-16-20(14-21(24)17-25(23)28)9-11-29-12-10-26(2)3/h4-8,13-14,21-25,27-28H,9-12,15-17H2,1-3H3/b8-7+/t21-,22-,23+,24-,25+/m0/s1. The number of rotatable bonds is 10. The molecule has 2 N–H and O–H groups in total. The highest BCUT2D eigenvalue weighted by atomic mass is 16.5. The molecule has 0 amide bonds. The molecular formula is C25H37NO3. The Morgan fingerprint density at radius 3 is 2.86 bits per heavy atom. The van der Waals surface area contributed by atoms with Crippen LogP contribution in [-0.4, -0.2) is 61.2 Å².